The van der Waals surface area contributed by atoms with E-state index in [1.807, 2.05) is 12.1 Å². The van der Waals surface area contributed by atoms with Crippen LogP contribution >= 0.6 is 0 Å². The third-order valence-corrected chi connectivity index (χ3v) is 2.65. The molecule has 0 spiro atoms. The van der Waals surface area contributed by atoms with E-state index in [0.29, 0.717) is 6.61 Å². The Bertz CT molecular complexity index is 388. The molecule has 2 aromatic carbocycles. The Morgan fingerprint density at radius 3 is 1.71 bits per heavy atom. The van der Waals surface area contributed by atoms with Crippen LogP contribution in [0, 0.1) is 0 Å². The van der Waals surface area contributed by atoms with Gasteiger partial charge >= 0.3 is 0 Å². The second-order valence-corrected chi connectivity index (χ2v) is 3.82. The van der Waals surface area contributed by atoms with Gasteiger partial charge in [-0.15, -0.1) is 0 Å². The van der Waals surface area contributed by atoms with Gasteiger partial charge < -0.3 is 9.64 Å². The first-order valence-electron chi connectivity index (χ1n) is 5.78. The minimum atomic E-state index is 0.712. The maximum atomic E-state index is 5.17. The Balaban J connectivity index is 2.26. The van der Waals surface area contributed by atoms with Gasteiger partial charge in [0, 0.05) is 25.0 Å². The fourth-order valence-corrected chi connectivity index (χ4v) is 1.81. The van der Waals surface area contributed by atoms with Gasteiger partial charge in [0.15, 0.2) is 0 Å². The minimum Gasteiger partial charge on any atom is -0.383 e. The van der Waals surface area contributed by atoms with Gasteiger partial charge in [-0.3, -0.25) is 0 Å². The monoisotopic (exact) mass is 227 g/mol. The van der Waals surface area contributed by atoms with E-state index in [1.165, 1.54) is 11.4 Å². The fourth-order valence-electron chi connectivity index (χ4n) is 1.81. The van der Waals surface area contributed by atoms with E-state index >= 15 is 0 Å². The highest BCUT2D eigenvalue weighted by molar-refractivity contribution is 5.62. The third-order valence-electron chi connectivity index (χ3n) is 2.65. The zero-order chi connectivity index (χ0) is 11.9. The zero-order valence-electron chi connectivity index (χ0n) is 10.0. The molecule has 0 atom stereocenters. The lowest BCUT2D eigenvalue weighted by atomic mass is 10.2. The van der Waals surface area contributed by atoms with Crippen molar-refractivity contribution < 1.29 is 4.74 Å². The van der Waals surface area contributed by atoms with Crippen molar-refractivity contribution in [3.63, 3.8) is 0 Å². The summed E-state index contributed by atoms with van der Waals surface area (Å²) in [5.41, 5.74) is 2.38. The van der Waals surface area contributed by atoms with Crippen LogP contribution < -0.4 is 4.90 Å². The summed E-state index contributed by atoms with van der Waals surface area (Å²) in [4.78, 5) is 2.25. The highest BCUT2D eigenvalue weighted by Crippen LogP contribution is 2.24. The quantitative estimate of drug-likeness (QED) is 0.775. The molecule has 0 radical (unpaired) electrons. The molecule has 88 valence electrons. The van der Waals surface area contributed by atoms with Crippen LogP contribution in [0.4, 0.5) is 11.4 Å². The summed E-state index contributed by atoms with van der Waals surface area (Å²) >= 11 is 0. The van der Waals surface area contributed by atoms with Gasteiger partial charge in [-0.05, 0) is 24.3 Å². The Kier molecular flexibility index (Phi) is 4.17. The SMILES string of the molecule is COCCN(c1ccccc1)c1ccccc1. The first-order chi connectivity index (χ1) is 8.42. The molecule has 0 saturated carbocycles. The molecule has 0 amide bonds. The lowest BCUT2D eigenvalue weighted by molar-refractivity contribution is 0.207. The molecule has 0 heterocycles. The average Bonchev–Trinajstić information content (AvgIpc) is 2.42. The molecular formula is C15H17NO. The van der Waals surface area contributed by atoms with Gasteiger partial charge in [0.1, 0.15) is 0 Å². The van der Waals surface area contributed by atoms with Gasteiger partial charge in [0.25, 0.3) is 0 Å². The molecule has 2 nitrogen and oxygen atoms in total. The van der Waals surface area contributed by atoms with Crippen molar-refractivity contribution in [3.05, 3.63) is 60.7 Å². The lowest BCUT2D eigenvalue weighted by Gasteiger charge is -2.24. The van der Waals surface area contributed by atoms with Gasteiger partial charge in [-0.1, -0.05) is 36.4 Å². The first-order valence-corrected chi connectivity index (χ1v) is 5.78. The second-order valence-electron chi connectivity index (χ2n) is 3.82. The molecule has 0 aliphatic carbocycles. The third kappa shape index (κ3) is 3.08. The molecule has 0 saturated heterocycles. The summed E-state index contributed by atoms with van der Waals surface area (Å²) in [5, 5.41) is 0. The molecular weight excluding hydrogens is 210 g/mol. The van der Waals surface area contributed by atoms with E-state index < -0.39 is 0 Å². The summed E-state index contributed by atoms with van der Waals surface area (Å²) < 4.78 is 5.17. The number of methoxy groups -OCH3 is 1. The normalized spacial score (nSPS) is 10.2. The van der Waals surface area contributed by atoms with Crippen molar-refractivity contribution in [2.24, 2.45) is 0 Å². The van der Waals surface area contributed by atoms with Crippen LogP contribution in [0.3, 0.4) is 0 Å². The molecule has 0 bridgehead atoms. The summed E-state index contributed by atoms with van der Waals surface area (Å²) in [6, 6.07) is 20.7. The minimum absolute atomic E-state index is 0.712. The van der Waals surface area contributed by atoms with Crippen LogP contribution in [0.2, 0.25) is 0 Å². The molecule has 2 aromatic rings. The maximum absolute atomic E-state index is 5.17. The lowest BCUT2D eigenvalue weighted by Crippen LogP contribution is -2.21. The number of nitrogens with zero attached hydrogens (tertiary/aromatic N) is 1. The van der Waals surface area contributed by atoms with Crippen molar-refractivity contribution >= 4 is 11.4 Å². The maximum Gasteiger partial charge on any atom is 0.0642 e. The Hall–Kier alpha value is -1.80. The van der Waals surface area contributed by atoms with Crippen molar-refractivity contribution in [2.45, 2.75) is 0 Å². The molecule has 0 N–H and O–H groups in total. The summed E-state index contributed by atoms with van der Waals surface area (Å²) in [6.07, 6.45) is 0. The topological polar surface area (TPSA) is 12.5 Å². The predicted octanol–water partition coefficient (Wildman–Crippen LogP) is 3.47. The fraction of sp³-hybridized carbons (Fsp3) is 0.200. The van der Waals surface area contributed by atoms with E-state index in [9.17, 15) is 0 Å². The number of para-hydroxylation sites is 2. The molecule has 0 unspecified atom stereocenters. The Morgan fingerprint density at radius 1 is 0.824 bits per heavy atom. The van der Waals surface area contributed by atoms with Crippen LogP contribution in [0.1, 0.15) is 0 Å². The number of hydrogen-bond donors (Lipinski definition) is 0. The Labute approximate surface area is 102 Å². The highest BCUT2D eigenvalue weighted by Gasteiger charge is 2.07. The molecule has 2 heteroatoms. The second kappa shape index (κ2) is 6.06. The van der Waals surface area contributed by atoms with E-state index in [0.717, 1.165) is 6.54 Å². The number of anilines is 2. The molecule has 17 heavy (non-hydrogen) atoms. The molecule has 2 rings (SSSR count). The average molecular weight is 227 g/mol. The first kappa shape index (κ1) is 11.7. The highest BCUT2D eigenvalue weighted by atomic mass is 16.5. The molecule has 0 aliphatic heterocycles. The molecule has 0 aromatic heterocycles. The van der Waals surface area contributed by atoms with Crippen LogP contribution in [0.15, 0.2) is 60.7 Å². The van der Waals surface area contributed by atoms with Gasteiger partial charge in [0.05, 0.1) is 6.61 Å². The number of rotatable bonds is 5. The van der Waals surface area contributed by atoms with Crippen LogP contribution in [0.25, 0.3) is 0 Å². The smallest absolute Gasteiger partial charge is 0.0642 e. The van der Waals surface area contributed by atoms with Crippen LogP contribution in [-0.2, 0) is 4.74 Å². The molecule has 0 aliphatic rings. The summed E-state index contributed by atoms with van der Waals surface area (Å²) in [6.45, 7) is 1.56. The molecule has 0 fully saturated rings. The Morgan fingerprint density at radius 2 is 1.29 bits per heavy atom. The number of hydrogen-bond acceptors (Lipinski definition) is 2. The van der Waals surface area contributed by atoms with Gasteiger partial charge in [-0.2, -0.15) is 0 Å². The van der Waals surface area contributed by atoms with Gasteiger partial charge in [-0.25, -0.2) is 0 Å². The predicted molar refractivity (Wildman–Crippen MR) is 71.8 cm³/mol. The summed E-state index contributed by atoms with van der Waals surface area (Å²) in [7, 11) is 1.73. The number of ether oxygens (including phenoxy) is 1. The van der Waals surface area contributed by atoms with E-state index in [4.69, 9.17) is 4.74 Å². The van der Waals surface area contributed by atoms with E-state index in [1.54, 1.807) is 7.11 Å². The van der Waals surface area contributed by atoms with Crippen molar-refractivity contribution in [3.8, 4) is 0 Å². The van der Waals surface area contributed by atoms with Crippen molar-refractivity contribution in [2.75, 3.05) is 25.2 Å². The van der Waals surface area contributed by atoms with Gasteiger partial charge in [0.2, 0.25) is 0 Å². The van der Waals surface area contributed by atoms with E-state index in [2.05, 4.69) is 53.4 Å². The van der Waals surface area contributed by atoms with Crippen LogP contribution in [-0.4, -0.2) is 20.3 Å². The van der Waals surface area contributed by atoms with Crippen molar-refractivity contribution in [1.29, 1.82) is 0 Å². The standard InChI is InChI=1S/C15H17NO/c1-17-13-12-16(14-8-4-2-5-9-14)15-10-6-3-7-11-15/h2-11H,12-13H2,1H3. The van der Waals surface area contributed by atoms with E-state index in [-0.39, 0.29) is 0 Å². The van der Waals surface area contributed by atoms with Crippen molar-refractivity contribution in [1.82, 2.24) is 0 Å². The largest absolute Gasteiger partial charge is 0.383 e. The summed E-state index contributed by atoms with van der Waals surface area (Å²) in [5.74, 6) is 0. The zero-order valence-corrected chi connectivity index (χ0v) is 10.0. The van der Waals surface area contributed by atoms with Crippen LogP contribution in [0.5, 0.6) is 0 Å². The number of benzene rings is 2.